The molecule has 0 radical (unpaired) electrons. The molecule has 8 heteroatoms. The average molecular weight is 337 g/mol. The summed E-state index contributed by atoms with van der Waals surface area (Å²) < 4.78 is 9.80. The first-order valence-electron chi connectivity index (χ1n) is 8.09. The van der Waals surface area contributed by atoms with E-state index in [-0.39, 0.29) is 12.5 Å². The summed E-state index contributed by atoms with van der Waals surface area (Å²) in [5, 5.41) is 3.88. The number of hydrogen-bond acceptors (Lipinski definition) is 6. The molecule has 1 saturated heterocycles. The van der Waals surface area contributed by atoms with E-state index in [0.717, 1.165) is 17.0 Å². The van der Waals surface area contributed by atoms with Gasteiger partial charge < -0.3 is 19.1 Å². The summed E-state index contributed by atoms with van der Waals surface area (Å²) in [4.78, 5) is 38.7. The number of aromatic nitrogens is 1. The maximum absolute atomic E-state index is 12.3. The van der Waals surface area contributed by atoms with Crippen LogP contribution >= 0.6 is 0 Å². The van der Waals surface area contributed by atoms with Crippen molar-refractivity contribution in [3.8, 4) is 0 Å². The molecular formula is C16H23N3O5. The van der Waals surface area contributed by atoms with Crippen LogP contribution in [0, 0.1) is 13.8 Å². The second kappa shape index (κ2) is 7.94. The van der Waals surface area contributed by atoms with E-state index >= 15 is 0 Å². The Morgan fingerprint density at radius 1 is 1.12 bits per heavy atom. The fourth-order valence-electron chi connectivity index (χ4n) is 2.73. The van der Waals surface area contributed by atoms with Crippen molar-refractivity contribution in [3.05, 3.63) is 17.0 Å². The van der Waals surface area contributed by atoms with Crippen LogP contribution < -0.4 is 0 Å². The van der Waals surface area contributed by atoms with Crippen molar-refractivity contribution in [1.29, 1.82) is 0 Å². The summed E-state index contributed by atoms with van der Waals surface area (Å²) in [6.45, 7) is 7.04. The molecule has 0 aliphatic carbocycles. The number of rotatable bonds is 4. The minimum absolute atomic E-state index is 0.0261. The van der Waals surface area contributed by atoms with Gasteiger partial charge in [-0.3, -0.25) is 9.59 Å². The summed E-state index contributed by atoms with van der Waals surface area (Å²) >= 11 is 0. The Balaban J connectivity index is 1.80. The van der Waals surface area contributed by atoms with Gasteiger partial charge in [0.25, 0.3) is 0 Å². The van der Waals surface area contributed by atoms with Gasteiger partial charge in [0.2, 0.25) is 5.91 Å². The quantitative estimate of drug-likeness (QED) is 0.585. The summed E-state index contributed by atoms with van der Waals surface area (Å²) in [7, 11) is 0. The first-order valence-corrected chi connectivity index (χ1v) is 8.09. The number of nitrogens with zero attached hydrogens (tertiary/aromatic N) is 3. The number of carbonyl (C=O) groups is 3. The summed E-state index contributed by atoms with van der Waals surface area (Å²) in [5.41, 5.74) is 1.78. The second-order valence-electron chi connectivity index (χ2n) is 5.70. The van der Waals surface area contributed by atoms with E-state index in [2.05, 4.69) is 5.16 Å². The molecule has 132 valence electrons. The van der Waals surface area contributed by atoms with Crippen LogP contribution in [-0.4, -0.2) is 65.5 Å². The second-order valence-corrected chi connectivity index (χ2v) is 5.70. The number of amides is 2. The first-order chi connectivity index (χ1) is 11.4. The Kier molecular flexibility index (Phi) is 5.94. The zero-order valence-electron chi connectivity index (χ0n) is 14.3. The fourth-order valence-corrected chi connectivity index (χ4v) is 2.73. The number of ether oxygens (including phenoxy) is 1. The Hall–Kier alpha value is -2.38. The van der Waals surface area contributed by atoms with Gasteiger partial charge in [0.05, 0.1) is 12.3 Å². The summed E-state index contributed by atoms with van der Waals surface area (Å²) in [6.07, 6.45) is 0.955. The van der Waals surface area contributed by atoms with Crippen LogP contribution in [0.1, 0.15) is 30.4 Å². The van der Waals surface area contributed by atoms with E-state index < -0.39 is 11.9 Å². The van der Waals surface area contributed by atoms with Crippen LogP contribution in [0.15, 0.2) is 4.52 Å². The molecule has 2 rings (SSSR count). The van der Waals surface area contributed by atoms with E-state index in [4.69, 9.17) is 9.26 Å². The molecule has 0 spiro atoms. The maximum atomic E-state index is 12.3. The molecule has 1 fully saturated rings. The molecule has 2 amide bonds. The van der Waals surface area contributed by atoms with Gasteiger partial charge in [0.1, 0.15) is 5.76 Å². The van der Waals surface area contributed by atoms with E-state index in [1.807, 2.05) is 13.8 Å². The first kappa shape index (κ1) is 18.0. The van der Waals surface area contributed by atoms with Gasteiger partial charge in [0.15, 0.2) is 0 Å². The van der Waals surface area contributed by atoms with E-state index in [9.17, 15) is 14.4 Å². The summed E-state index contributed by atoms with van der Waals surface area (Å²) in [6, 6.07) is 0. The standard InChI is InChI=1S/C16H23N3O5/c1-4-23-16(22)15(21)19-9-7-18(8-10-19)14(20)6-5-13-11(2)17-24-12(13)3/h4-10H2,1-3H3. The highest BCUT2D eigenvalue weighted by atomic mass is 16.5. The highest BCUT2D eigenvalue weighted by Crippen LogP contribution is 2.15. The monoisotopic (exact) mass is 337 g/mol. The van der Waals surface area contributed by atoms with Crippen molar-refractivity contribution in [3.63, 3.8) is 0 Å². The fraction of sp³-hybridized carbons (Fsp3) is 0.625. The van der Waals surface area contributed by atoms with Crippen LogP contribution in [-0.2, 0) is 25.5 Å². The predicted octanol–water partition coefficient (Wildman–Crippen LogP) is 0.458. The van der Waals surface area contributed by atoms with Crippen LogP contribution in [0.5, 0.6) is 0 Å². The molecule has 0 saturated carbocycles. The van der Waals surface area contributed by atoms with Crippen molar-refractivity contribution in [2.24, 2.45) is 0 Å². The molecule has 0 atom stereocenters. The Morgan fingerprint density at radius 2 is 1.75 bits per heavy atom. The Labute approximate surface area is 140 Å². The minimum atomic E-state index is -0.837. The number of carbonyl (C=O) groups excluding carboxylic acids is 3. The van der Waals surface area contributed by atoms with Crippen molar-refractivity contribution in [1.82, 2.24) is 15.0 Å². The van der Waals surface area contributed by atoms with Gasteiger partial charge in [-0.25, -0.2) is 4.79 Å². The third-order valence-electron chi connectivity index (χ3n) is 4.14. The Bertz CT molecular complexity index is 598. The third kappa shape index (κ3) is 4.12. The van der Waals surface area contributed by atoms with Crippen molar-refractivity contribution in [2.75, 3.05) is 32.8 Å². The predicted molar refractivity (Wildman–Crippen MR) is 84.1 cm³/mol. The maximum Gasteiger partial charge on any atom is 0.397 e. The number of piperazine rings is 1. The van der Waals surface area contributed by atoms with Crippen molar-refractivity contribution < 1.29 is 23.6 Å². The van der Waals surface area contributed by atoms with Gasteiger partial charge in [-0.15, -0.1) is 0 Å². The molecule has 1 aliphatic heterocycles. The highest BCUT2D eigenvalue weighted by Gasteiger charge is 2.28. The SMILES string of the molecule is CCOC(=O)C(=O)N1CCN(C(=O)CCc2c(C)noc2C)CC1. The zero-order chi connectivity index (χ0) is 17.7. The lowest BCUT2D eigenvalue weighted by Crippen LogP contribution is -2.52. The molecule has 2 heterocycles. The summed E-state index contributed by atoms with van der Waals surface area (Å²) in [5.74, 6) is -0.709. The van der Waals surface area contributed by atoms with Crippen LogP contribution in [0.2, 0.25) is 0 Å². The molecule has 24 heavy (non-hydrogen) atoms. The minimum Gasteiger partial charge on any atom is -0.459 e. The molecule has 0 aromatic carbocycles. The normalized spacial score (nSPS) is 14.6. The molecule has 1 aromatic heterocycles. The third-order valence-corrected chi connectivity index (χ3v) is 4.14. The number of esters is 1. The van der Waals surface area contributed by atoms with Crippen LogP contribution in [0.3, 0.4) is 0 Å². The highest BCUT2D eigenvalue weighted by molar-refractivity contribution is 6.32. The van der Waals surface area contributed by atoms with Crippen LogP contribution in [0.4, 0.5) is 0 Å². The van der Waals surface area contributed by atoms with E-state index in [0.29, 0.717) is 39.0 Å². The Morgan fingerprint density at radius 3 is 2.29 bits per heavy atom. The number of hydrogen-bond donors (Lipinski definition) is 0. The average Bonchev–Trinajstić information content (AvgIpc) is 2.90. The molecule has 0 bridgehead atoms. The molecule has 8 nitrogen and oxygen atoms in total. The van der Waals surface area contributed by atoms with Crippen molar-refractivity contribution >= 4 is 17.8 Å². The van der Waals surface area contributed by atoms with E-state index in [1.54, 1.807) is 11.8 Å². The topological polar surface area (TPSA) is 93.0 Å². The smallest absolute Gasteiger partial charge is 0.397 e. The van der Waals surface area contributed by atoms with Gasteiger partial charge in [0, 0.05) is 38.2 Å². The molecule has 1 aromatic rings. The molecule has 1 aliphatic rings. The van der Waals surface area contributed by atoms with Gasteiger partial charge in [-0.05, 0) is 27.2 Å². The van der Waals surface area contributed by atoms with Crippen LogP contribution in [0.25, 0.3) is 0 Å². The lowest BCUT2D eigenvalue weighted by atomic mass is 10.1. The van der Waals surface area contributed by atoms with E-state index in [1.165, 1.54) is 4.90 Å². The molecule has 0 unspecified atom stereocenters. The molecule has 0 N–H and O–H groups in total. The van der Waals surface area contributed by atoms with Crippen molar-refractivity contribution in [2.45, 2.75) is 33.6 Å². The molecular weight excluding hydrogens is 314 g/mol. The van der Waals surface area contributed by atoms with Gasteiger partial charge in [-0.2, -0.15) is 0 Å². The lowest BCUT2D eigenvalue weighted by Gasteiger charge is -2.34. The van der Waals surface area contributed by atoms with Gasteiger partial charge in [-0.1, -0.05) is 5.16 Å². The number of aryl methyl sites for hydroxylation is 2. The zero-order valence-corrected chi connectivity index (χ0v) is 14.3. The lowest BCUT2D eigenvalue weighted by molar-refractivity contribution is -0.161. The van der Waals surface area contributed by atoms with Gasteiger partial charge >= 0.3 is 11.9 Å². The largest absolute Gasteiger partial charge is 0.459 e.